The number of carbonyl (C=O) groups is 1. The summed E-state index contributed by atoms with van der Waals surface area (Å²) < 4.78 is 13.3. The van der Waals surface area contributed by atoms with Crippen LogP contribution in [0.3, 0.4) is 0 Å². The van der Waals surface area contributed by atoms with E-state index in [0.717, 1.165) is 5.69 Å². The van der Waals surface area contributed by atoms with Crippen LogP contribution in [0.15, 0.2) is 18.2 Å². The van der Waals surface area contributed by atoms with E-state index in [1.54, 1.807) is 12.1 Å². The fourth-order valence-corrected chi connectivity index (χ4v) is 2.17. The predicted molar refractivity (Wildman–Crippen MR) is 62.5 cm³/mol. The van der Waals surface area contributed by atoms with E-state index in [-0.39, 0.29) is 16.8 Å². The largest absolute Gasteiger partial charge is 0.368 e. The van der Waals surface area contributed by atoms with E-state index in [2.05, 4.69) is 0 Å². The van der Waals surface area contributed by atoms with Crippen LogP contribution in [-0.2, 0) is 4.79 Å². The van der Waals surface area contributed by atoms with Gasteiger partial charge in [-0.2, -0.15) is 0 Å². The Balaban J connectivity index is 2.23. The van der Waals surface area contributed by atoms with E-state index in [0.29, 0.717) is 19.4 Å². The van der Waals surface area contributed by atoms with Crippen molar-refractivity contribution in [3.8, 4) is 0 Å². The second-order valence-electron chi connectivity index (χ2n) is 4.13. The molecule has 1 saturated heterocycles. The van der Waals surface area contributed by atoms with Crippen molar-refractivity contribution in [1.29, 1.82) is 0 Å². The lowest BCUT2D eigenvalue weighted by molar-refractivity contribution is -0.120. The van der Waals surface area contributed by atoms with Crippen LogP contribution in [0.2, 0.25) is 5.02 Å². The monoisotopic (exact) mass is 241 g/mol. The lowest BCUT2D eigenvalue weighted by atomic mass is 10.0. The molecule has 0 saturated carbocycles. The molecule has 16 heavy (non-hydrogen) atoms. The van der Waals surface area contributed by atoms with Crippen molar-refractivity contribution in [3.05, 3.63) is 29.0 Å². The summed E-state index contributed by atoms with van der Waals surface area (Å²) in [6.45, 7) is 2.63. The Morgan fingerprint density at radius 2 is 2.25 bits per heavy atom. The Bertz CT molecular complexity index is 421. The maximum Gasteiger partial charge on any atom is 0.143 e. The van der Waals surface area contributed by atoms with Gasteiger partial charge in [-0.05, 0) is 25.1 Å². The number of Topliss-reactive ketones (excluding diaryl/α,β-unsaturated/α-hetero) is 1. The first-order chi connectivity index (χ1) is 7.58. The average molecular weight is 242 g/mol. The van der Waals surface area contributed by atoms with E-state index in [4.69, 9.17) is 11.6 Å². The zero-order valence-electron chi connectivity index (χ0n) is 9.04. The average Bonchev–Trinajstić information content (AvgIpc) is 2.22. The number of hydrogen-bond donors (Lipinski definition) is 0. The van der Waals surface area contributed by atoms with Gasteiger partial charge in [-0.3, -0.25) is 4.79 Å². The van der Waals surface area contributed by atoms with Gasteiger partial charge in [0.2, 0.25) is 0 Å². The number of nitrogens with zero attached hydrogens (tertiary/aromatic N) is 1. The molecule has 1 aliphatic rings. The van der Waals surface area contributed by atoms with Crippen LogP contribution in [-0.4, -0.2) is 18.4 Å². The topological polar surface area (TPSA) is 20.3 Å². The van der Waals surface area contributed by atoms with Crippen molar-refractivity contribution in [1.82, 2.24) is 0 Å². The van der Waals surface area contributed by atoms with Crippen LogP contribution in [0.1, 0.15) is 19.8 Å². The second-order valence-corrected chi connectivity index (χ2v) is 4.54. The first kappa shape index (κ1) is 11.4. The molecule has 1 aromatic rings. The van der Waals surface area contributed by atoms with Gasteiger partial charge in [0.25, 0.3) is 0 Å². The third kappa shape index (κ3) is 2.19. The SMILES string of the molecule is CC1CC(=O)CCN1c1ccc(Cl)c(F)c1. The highest BCUT2D eigenvalue weighted by Crippen LogP contribution is 2.26. The number of piperidine rings is 1. The molecule has 0 N–H and O–H groups in total. The van der Waals surface area contributed by atoms with E-state index < -0.39 is 5.82 Å². The minimum atomic E-state index is -0.414. The van der Waals surface area contributed by atoms with Gasteiger partial charge < -0.3 is 4.90 Å². The molecule has 86 valence electrons. The minimum Gasteiger partial charge on any atom is -0.368 e. The summed E-state index contributed by atoms with van der Waals surface area (Å²) >= 11 is 5.63. The van der Waals surface area contributed by atoms with Gasteiger partial charge in [0.15, 0.2) is 0 Å². The van der Waals surface area contributed by atoms with Gasteiger partial charge >= 0.3 is 0 Å². The smallest absolute Gasteiger partial charge is 0.143 e. The van der Waals surface area contributed by atoms with Gasteiger partial charge in [0.05, 0.1) is 5.02 Å². The van der Waals surface area contributed by atoms with Crippen molar-refractivity contribution in [2.45, 2.75) is 25.8 Å². The van der Waals surface area contributed by atoms with Crippen molar-refractivity contribution in [2.24, 2.45) is 0 Å². The molecule has 1 aromatic carbocycles. The lowest BCUT2D eigenvalue weighted by Gasteiger charge is -2.34. The first-order valence-electron chi connectivity index (χ1n) is 5.31. The van der Waals surface area contributed by atoms with Crippen molar-refractivity contribution >= 4 is 23.1 Å². The van der Waals surface area contributed by atoms with Crippen molar-refractivity contribution in [3.63, 3.8) is 0 Å². The number of carbonyl (C=O) groups excluding carboxylic acids is 1. The Labute approximate surface area is 99.0 Å². The molecule has 0 spiro atoms. The molecule has 0 radical (unpaired) electrons. The quantitative estimate of drug-likeness (QED) is 0.753. The third-order valence-electron chi connectivity index (χ3n) is 2.92. The molecule has 2 rings (SSSR count). The maximum atomic E-state index is 13.3. The Morgan fingerprint density at radius 3 is 2.88 bits per heavy atom. The van der Waals surface area contributed by atoms with Crippen LogP contribution in [0.25, 0.3) is 0 Å². The maximum absolute atomic E-state index is 13.3. The summed E-state index contributed by atoms with van der Waals surface area (Å²) in [5.41, 5.74) is 0.793. The van der Waals surface area contributed by atoms with E-state index in [1.807, 2.05) is 11.8 Å². The highest BCUT2D eigenvalue weighted by Gasteiger charge is 2.23. The number of benzene rings is 1. The van der Waals surface area contributed by atoms with Crippen molar-refractivity contribution < 1.29 is 9.18 Å². The molecule has 1 unspecified atom stereocenters. The molecule has 0 amide bonds. The van der Waals surface area contributed by atoms with Crippen LogP contribution in [0, 0.1) is 5.82 Å². The summed E-state index contributed by atoms with van der Waals surface area (Å²) in [5, 5.41) is 0.129. The van der Waals surface area contributed by atoms with Gasteiger partial charge in [-0.1, -0.05) is 11.6 Å². The molecule has 0 aromatic heterocycles. The van der Waals surface area contributed by atoms with Gasteiger partial charge in [-0.15, -0.1) is 0 Å². The predicted octanol–water partition coefficient (Wildman–Crippen LogP) is 3.04. The molecule has 0 bridgehead atoms. The van der Waals surface area contributed by atoms with E-state index in [9.17, 15) is 9.18 Å². The van der Waals surface area contributed by atoms with E-state index in [1.165, 1.54) is 6.07 Å². The Morgan fingerprint density at radius 1 is 1.50 bits per heavy atom. The number of halogens is 2. The molecular weight excluding hydrogens is 229 g/mol. The van der Waals surface area contributed by atoms with Gasteiger partial charge in [0, 0.05) is 31.1 Å². The molecule has 1 aliphatic heterocycles. The highest BCUT2D eigenvalue weighted by molar-refractivity contribution is 6.30. The highest BCUT2D eigenvalue weighted by atomic mass is 35.5. The molecule has 1 heterocycles. The van der Waals surface area contributed by atoms with Gasteiger partial charge in [0.1, 0.15) is 11.6 Å². The summed E-state index contributed by atoms with van der Waals surface area (Å²) in [6.07, 6.45) is 1.07. The number of ketones is 1. The van der Waals surface area contributed by atoms with Gasteiger partial charge in [-0.25, -0.2) is 4.39 Å². The number of rotatable bonds is 1. The lowest BCUT2D eigenvalue weighted by Crippen LogP contribution is -2.41. The number of anilines is 1. The first-order valence-corrected chi connectivity index (χ1v) is 5.69. The molecule has 1 atom stereocenters. The van der Waals surface area contributed by atoms with Crippen LogP contribution in [0.4, 0.5) is 10.1 Å². The summed E-state index contributed by atoms with van der Waals surface area (Å²) in [7, 11) is 0. The van der Waals surface area contributed by atoms with Crippen LogP contribution in [0.5, 0.6) is 0 Å². The fourth-order valence-electron chi connectivity index (χ4n) is 2.05. The third-order valence-corrected chi connectivity index (χ3v) is 3.23. The van der Waals surface area contributed by atoms with Crippen LogP contribution >= 0.6 is 11.6 Å². The fraction of sp³-hybridized carbons (Fsp3) is 0.417. The normalized spacial score (nSPS) is 21.3. The zero-order chi connectivity index (χ0) is 11.7. The molecule has 0 aliphatic carbocycles. The zero-order valence-corrected chi connectivity index (χ0v) is 9.80. The molecule has 1 fully saturated rings. The summed E-state index contributed by atoms with van der Waals surface area (Å²) in [4.78, 5) is 13.3. The minimum absolute atomic E-state index is 0.127. The van der Waals surface area contributed by atoms with E-state index >= 15 is 0 Å². The second kappa shape index (κ2) is 4.42. The Kier molecular flexibility index (Phi) is 3.15. The summed E-state index contributed by atoms with van der Waals surface area (Å²) in [5.74, 6) is -0.138. The molecule has 2 nitrogen and oxygen atoms in total. The van der Waals surface area contributed by atoms with Crippen LogP contribution < -0.4 is 4.90 Å². The molecular formula is C12H13ClFNO. The molecule has 4 heteroatoms. The summed E-state index contributed by atoms with van der Waals surface area (Å²) in [6, 6.07) is 4.89. The number of hydrogen-bond acceptors (Lipinski definition) is 2. The van der Waals surface area contributed by atoms with Crippen molar-refractivity contribution in [2.75, 3.05) is 11.4 Å². The standard InChI is InChI=1S/C12H13ClFNO/c1-8-6-10(16)4-5-15(8)9-2-3-11(13)12(14)7-9/h2-3,7-8H,4-6H2,1H3. The Hall–Kier alpha value is -1.09.